The van der Waals surface area contributed by atoms with Crippen LogP contribution < -0.4 is 0 Å². The van der Waals surface area contributed by atoms with Crippen LogP contribution in [-0.2, 0) is 9.53 Å². The summed E-state index contributed by atoms with van der Waals surface area (Å²) in [7, 11) is 0. The molecule has 0 amide bonds. The van der Waals surface area contributed by atoms with E-state index in [2.05, 4.69) is 28.5 Å². The van der Waals surface area contributed by atoms with Gasteiger partial charge in [-0.05, 0) is 39.8 Å². The number of likely N-dealkylation sites (tertiary alicyclic amines) is 1. The Bertz CT molecular complexity index is 346. The molecule has 0 unspecified atom stereocenters. The van der Waals surface area contributed by atoms with Gasteiger partial charge in [0.2, 0.25) is 0 Å². The molecule has 0 saturated carbocycles. The zero-order valence-corrected chi connectivity index (χ0v) is 15.3. The standard InChI is InChI=1S/C18H35N3O2/c1-4-18(22)15-20-9-11-21(12-10-20)17-5-7-19(8-6-17)13-14-23-16(2)3/h16-17H,4-15H2,1-3H3. The van der Waals surface area contributed by atoms with E-state index in [1.165, 1.54) is 25.9 Å². The molecule has 0 atom stereocenters. The summed E-state index contributed by atoms with van der Waals surface area (Å²) < 4.78 is 5.66. The van der Waals surface area contributed by atoms with Gasteiger partial charge in [0.15, 0.2) is 0 Å². The molecular formula is C18H35N3O2. The molecule has 2 fully saturated rings. The highest BCUT2D eigenvalue weighted by Crippen LogP contribution is 2.18. The minimum absolute atomic E-state index is 0.337. The highest BCUT2D eigenvalue weighted by Gasteiger charge is 2.27. The summed E-state index contributed by atoms with van der Waals surface area (Å²) in [5, 5.41) is 0. The molecule has 5 heteroatoms. The van der Waals surface area contributed by atoms with Crippen LogP contribution in [0.5, 0.6) is 0 Å². The molecule has 2 saturated heterocycles. The Morgan fingerprint density at radius 1 is 1.04 bits per heavy atom. The van der Waals surface area contributed by atoms with Gasteiger partial charge in [0.25, 0.3) is 0 Å². The molecule has 2 rings (SSSR count). The second-order valence-corrected chi connectivity index (χ2v) is 7.20. The quantitative estimate of drug-likeness (QED) is 0.675. The summed E-state index contributed by atoms with van der Waals surface area (Å²) in [4.78, 5) is 19.1. The Kier molecular flexibility index (Phi) is 7.96. The first kappa shape index (κ1) is 18.8. The second-order valence-electron chi connectivity index (χ2n) is 7.20. The largest absolute Gasteiger partial charge is 0.377 e. The first-order valence-electron chi connectivity index (χ1n) is 9.40. The van der Waals surface area contributed by atoms with Crippen molar-refractivity contribution in [3.8, 4) is 0 Å². The molecule has 0 aromatic heterocycles. The maximum atomic E-state index is 11.6. The fourth-order valence-corrected chi connectivity index (χ4v) is 3.57. The smallest absolute Gasteiger partial charge is 0.146 e. The van der Waals surface area contributed by atoms with Crippen molar-refractivity contribution in [2.45, 2.75) is 52.2 Å². The van der Waals surface area contributed by atoms with E-state index in [1.54, 1.807) is 0 Å². The third-order valence-corrected chi connectivity index (χ3v) is 5.13. The molecule has 134 valence electrons. The van der Waals surface area contributed by atoms with Gasteiger partial charge in [-0.2, -0.15) is 0 Å². The summed E-state index contributed by atoms with van der Waals surface area (Å²) in [5.41, 5.74) is 0. The van der Waals surface area contributed by atoms with Crippen molar-refractivity contribution in [1.82, 2.24) is 14.7 Å². The lowest BCUT2D eigenvalue weighted by Crippen LogP contribution is -2.54. The van der Waals surface area contributed by atoms with Gasteiger partial charge in [-0.15, -0.1) is 0 Å². The van der Waals surface area contributed by atoms with Gasteiger partial charge in [0, 0.05) is 45.2 Å². The number of piperidine rings is 1. The monoisotopic (exact) mass is 325 g/mol. The van der Waals surface area contributed by atoms with Crippen LogP contribution >= 0.6 is 0 Å². The van der Waals surface area contributed by atoms with E-state index in [9.17, 15) is 4.79 Å². The van der Waals surface area contributed by atoms with Gasteiger partial charge in [-0.25, -0.2) is 0 Å². The van der Waals surface area contributed by atoms with Crippen LogP contribution in [0, 0.1) is 0 Å². The zero-order valence-electron chi connectivity index (χ0n) is 15.3. The summed E-state index contributed by atoms with van der Waals surface area (Å²) in [6.07, 6.45) is 3.55. The Morgan fingerprint density at radius 2 is 1.70 bits per heavy atom. The van der Waals surface area contributed by atoms with Crippen molar-refractivity contribution in [3.05, 3.63) is 0 Å². The van der Waals surface area contributed by atoms with Gasteiger partial charge >= 0.3 is 0 Å². The molecule has 0 bridgehead atoms. The van der Waals surface area contributed by atoms with Crippen LogP contribution in [0.15, 0.2) is 0 Å². The maximum absolute atomic E-state index is 11.6. The molecular weight excluding hydrogens is 290 g/mol. The molecule has 23 heavy (non-hydrogen) atoms. The number of rotatable bonds is 8. The predicted molar refractivity (Wildman–Crippen MR) is 93.9 cm³/mol. The van der Waals surface area contributed by atoms with Crippen molar-refractivity contribution in [2.24, 2.45) is 0 Å². The number of carbonyl (C=O) groups is 1. The normalized spacial score (nSPS) is 22.8. The lowest BCUT2D eigenvalue weighted by atomic mass is 10.0. The minimum atomic E-state index is 0.337. The van der Waals surface area contributed by atoms with Crippen molar-refractivity contribution < 1.29 is 9.53 Å². The lowest BCUT2D eigenvalue weighted by molar-refractivity contribution is -0.120. The summed E-state index contributed by atoms with van der Waals surface area (Å²) in [6, 6.07) is 0.737. The molecule has 0 radical (unpaired) electrons. The van der Waals surface area contributed by atoms with E-state index >= 15 is 0 Å². The first-order chi connectivity index (χ1) is 11.1. The van der Waals surface area contributed by atoms with E-state index in [1.807, 2.05) is 6.92 Å². The van der Waals surface area contributed by atoms with Crippen molar-refractivity contribution in [1.29, 1.82) is 0 Å². The SMILES string of the molecule is CCC(=O)CN1CCN(C2CCN(CCOC(C)C)CC2)CC1. The Balaban J connectivity index is 1.62. The summed E-state index contributed by atoms with van der Waals surface area (Å²) in [5.74, 6) is 0.371. The van der Waals surface area contributed by atoms with Crippen LogP contribution in [-0.4, -0.2) is 91.6 Å². The molecule has 2 heterocycles. The molecule has 0 aliphatic carbocycles. The topological polar surface area (TPSA) is 36.0 Å². The fraction of sp³-hybridized carbons (Fsp3) is 0.944. The zero-order chi connectivity index (χ0) is 16.7. The van der Waals surface area contributed by atoms with Crippen molar-refractivity contribution >= 4 is 5.78 Å². The number of ketones is 1. The average molecular weight is 325 g/mol. The van der Waals surface area contributed by atoms with E-state index in [0.29, 0.717) is 24.9 Å². The lowest BCUT2D eigenvalue weighted by Gasteiger charge is -2.42. The molecule has 5 nitrogen and oxygen atoms in total. The predicted octanol–water partition coefficient (Wildman–Crippen LogP) is 1.47. The van der Waals surface area contributed by atoms with Crippen molar-refractivity contribution in [2.75, 3.05) is 59.0 Å². The minimum Gasteiger partial charge on any atom is -0.377 e. The third kappa shape index (κ3) is 6.49. The van der Waals surface area contributed by atoms with Crippen LogP contribution in [0.4, 0.5) is 0 Å². The highest BCUT2D eigenvalue weighted by molar-refractivity contribution is 5.80. The van der Waals surface area contributed by atoms with Gasteiger partial charge < -0.3 is 9.64 Å². The molecule has 2 aliphatic rings. The van der Waals surface area contributed by atoms with Crippen LogP contribution in [0.2, 0.25) is 0 Å². The highest BCUT2D eigenvalue weighted by atomic mass is 16.5. The second kappa shape index (κ2) is 9.72. The average Bonchev–Trinajstić information content (AvgIpc) is 2.56. The number of Topliss-reactive ketones (excluding diaryl/α,β-unsaturated/α-hetero) is 1. The van der Waals surface area contributed by atoms with Crippen LogP contribution in [0.1, 0.15) is 40.0 Å². The van der Waals surface area contributed by atoms with Gasteiger partial charge in [0.1, 0.15) is 5.78 Å². The number of nitrogens with zero attached hydrogens (tertiary/aromatic N) is 3. The van der Waals surface area contributed by atoms with Crippen molar-refractivity contribution in [3.63, 3.8) is 0 Å². The van der Waals surface area contributed by atoms with E-state index in [4.69, 9.17) is 4.74 Å². The van der Waals surface area contributed by atoms with Crippen LogP contribution in [0.3, 0.4) is 0 Å². The van der Waals surface area contributed by atoms with Crippen LogP contribution in [0.25, 0.3) is 0 Å². The molecule has 0 spiro atoms. The number of hydrogen-bond acceptors (Lipinski definition) is 5. The van der Waals surface area contributed by atoms with Gasteiger partial charge in [-0.3, -0.25) is 14.6 Å². The van der Waals surface area contributed by atoms with Gasteiger partial charge in [-0.1, -0.05) is 6.92 Å². The number of piperazine rings is 1. The Hall–Kier alpha value is -0.490. The molecule has 0 aromatic rings. The van der Waals surface area contributed by atoms with Gasteiger partial charge in [0.05, 0.1) is 19.3 Å². The number of ether oxygens (including phenoxy) is 1. The summed E-state index contributed by atoms with van der Waals surface area (Å²) in [6.45, 7) is 15.5. The molecule has 0 aromatic carbocycles. The maximum Gasteiger partial charge on any atom is 0.146 e. The van der Waals surface area contributed by atoms with E-state index in [-0.39, 0.29) is 0 Å². The molecule has 2 aliphatic heterocycles. The number of carbonyl (C=O) groups excluding carboxylic acids is 1. The Labute approximate surface area is 141 Å². The fourth-order valence-electron chi connectivity index (χ4n) is 3.57. The first-order valence-corrected chi connectivity index (χ1v) is 9.40. The Morgan fingerprint density at radius 3 is 2.26 bits per heavy atom. The molecule has 0 N–H and O–H groups in total. The van der Waals surface area contributed by atoms with E-state index < -0.39 is 0 Å². The summed E-state index contributed by atoms with van der Waals surface area (Å²) >= 11 is 0. The number of hydrogen-bond donors (Lipinski definition) is 0. The third-order valence-electron chi connectivity index (χ3n) is 5.13. The van der Waals surface area contributed by atoms with E-state index in [0.717, 1.165) is 45.4 Å².